The molecule has 0 saturated heterocycles. The van der Waals surface area contributed by atoms with E-state index in [1.807, 2.05) is 11.5 Å². The Morgan fingerprint density at radius 1 is 1.78 bits per heavy atom. The van der Waals surface area contributed by atoms with Crippen molar-refractivity contribution in [3.63, 3.8) is 0 Å². The van der Waals surface area contributed by atoms with Crippen molar-refractivity contribution in [2.24, 2.45) is 0 Å². The van der Waals surface area contributed by atoms with E-state index in [2.05, 4.69) is 6.08 Å². The molecule has 0 bridgehead atoms. The quantitative estimate of drug-likeness (QED) is 0.544. The molecule has 2 heteroatoms. The summed E-state index contributed by atoms with van der Waals surface area (Å²) in [5, 5.41) is 2.03. The molecule has 1 nitrogen and oxygen atoms in total. The average molecular weight is 140 g/mol. The average Bonchev–Trinajstić information content (AvgIpc) is 1.91. The van der Waals surface area contributed by atoms with Gasteiger partial charge in [0.05, 0.1) is 0 Å². The summed E-state index contributed by atoms with van der Waals surface area (Å²) in [6.45, 7) is 0. The largest absolute Gasteiger partial charge is 0.303 e. The minimum atomic E-state index is 0.567. The van der Waals surface area contributed by atoms with E-state index in [0.717, 1.165) is 17.6 Å². The fraction of sp³-hybridized carbons (Fsp3) is 0.286. The standard InChI is InChI=1S/C7H8OS/c8-4-1-7-2-5-9-6-3-7/h2-5H,1,6H2. The molecule has 0 aromatic rings. The van der Waals surface area contributed by atoms with Crippen LogP contribution >= 0.6 is 11.8 Å². The maximum absolute atomic E-state index is 9.99. The van der Waals surface area contributed by atoms with E-state index in [9.17, 15) is 4.79 Å². The molecule has 0 fully saturated rings. The molecule has 0 amide bonds. The summed E-state index contributed by atoms with van der Waals surface area (Å²) in [5.41, 5.74) is 1.14. The number of allylic oxidation sites excluding steroid dienone is 2. The van der Waals surface area contributed by atoms with Gasteiger partial charge in [0.1, 0.15) is 6.29 Å². The molecule has 1 rings (SSSR count). The third-order valence-electron chi connectivity index (χ3n) is 1.14. The van der Waals surface area contributed by atoms with Crippen LogP contribution in [0.1, 0.15) is 6.42 Å². The predicted octanol–water partition coefficient (Wildman–Crippen LogP) is 1.76. The van der Waals surface area contributed by atoms with Crippen LogP contribution in [0, 0.1) is 0 Å². The van der Waals surface area contributed by atoms with Crippen LogP contribution in [0.5, 0.6) is 0 Å². The highest BCUT2D eigenvalue weighted by Crippen LogP contribution is 2.14. The zero-order chi connectivity index (χ0) is 6.53. The van der Waals surface area contributed by atoms with Gasteiger partial charge in [-0.1, -0.05) is 12.2 Å². The van der Waals surface area contributed by atoms with Crippen molar-refractivity contribution in [3.8, 4) is 0 Å². The van der Waals surface area contributed by atoms with E-state index in [1.165, 1.54) is 0 Å². The Hall–Kier alpha value is -0.500. The summed E-state index contributed by atoms with van der Waals surface area (Å²) < 4.78 is 0. The molecule has 0 saturated carbocycles. The van der Waals surface area contributed by atoms with Crippen molar-refractivity contribution in [2.45, 2.75) is 6.42 Å². The maximum atomic E-state index is 9.99. The zero-order valence-electron chi connectivity index (χ0n) is 5.04. The summed E-state index contributed by atoms with van der Waals surface area (Å²) in [6.07, 6.45) is 5.57. The fourth-order valence-electron chi connectivity index (χ4n) is 0.662. The summed E-state index contributed by atoms with van der Waals surface area (Å²) >= 11 is 1.75. The van der Waals surface area contributed by atoms with E-state index in [4.69, 9.17) is 0 Å². The van der Waals surface area contributed by atoms with Crippen molar-refractivity contribution < 1.29 is 4.79 Å². The van der Waals surface area contributed by atoms with Crippen LogP contribution in [0.15, 0.2) is 23.1 Å². The molecule has 0 radical (unpaired) electrons. The molecule has 1 aliphatic heterocycles. The summed E-state index contributed by atoms with van der Waals surface area (Å²) in [5.74, 6) is 1.01. The molecule has 0 aliphatic carbocycles. The molecule has 0 aromatic heterocycles. The van der Waals surface area contributed by atoms with Gasteiger partial charge in [0.25, 0.3) is 0 Å². The van der Waals surface area contributed by atoms with Gasteiger partial charge in [-0.2, -0.15) is 0 Å². The van der Waals surface area contributed by atoms with Crippen LogP contribution in [-0.2, 0) is 4.79 Å². The van der Waals surface area contributed by atoms with E-state index >= 15 is 0 Å². The van der Waals surface area contributed by atoms with Gasteiger partial charge in [0.2, 0.25) is 0 Å². The molecule has 1 heterocycles. The van der Waals surface area contributed by atoms with Crippen LogP contribution in [0.2, 0.25) is 0 Å². The lowest BCUT2D eigenvalue weighted by Crippen LogP contribution is -1.85. The Morgan fingerprint density at radius 3 is 3.22 bits per heavy atom. The van der Waals surface area contributed by atoms with Gasteiger partial charge in [0.15, 0.2) is 0 Å². The Labute approximate surface area is 58.8 Å². The first-order valence-corrected chi connectivity index (χ1v) is 3.89. The first-order chi connectivity index (χ1) is 4.43. The number of hydrogen-bond donors (Lipinski definition) is 0. The van der Waals surface area contributed by atoms with E-state index in [-0.39, 0.29) is 0 Å². The molecule has 0 aromatic carbocycles. The van der Waals surface area contributed by atoms with Crippen LogP contribution in [0.4, 0.5) is 0 Å². The number of thioether (sulfide) groups is 1. The Bertz CT molecular complexity index is 158. The summed E-state index contributed by atoms with van der Waals surface area (Å²) in [7, 11) is 0. The summed E-state index contributed by atoms with van der Waals surface area (Å²) in [6, 6.07) is 0. The van der Waals surface area contributed by atoms with Crippen molar-refractivity contribution in [1.82, 2.24) is 0 Å². The van der Waals surface area contributed by atoms with Crippen molar-refractivity contribution in [3.05, 3.63) is 23.1 Å². The lowest BCUT2D eigenvalue weighted by Gasteiger charge is -2.00. The van der Waals surface area contributed by atoms with Gasteiger partial charge in [-0.05, 0) is 11.0 Å². The smallest absolute Gasteiger partial charge is 0.124 e. The predicted molar refractivity (Wildman–Crippen MR) is 40.4 cm³/mol. The third kappa shape index (κ3) is 2.06. The van der Waals surface area contributed by atoms with Gasteiger partial charge >= 0.3 is 0 Å². The number of rotatable bonds is 2. The van der Waals surface area contributed by atoms with E-state index in [1.54, 1.807) is 11.8 Å². The molecule has 9 heavy (non-hydrogen) atoms. The maximum Gasteiger partial charge on any atom is 0.124 e. The normalized spacial score (nSPS) is 17.1. The van der Waals surface area contributed by atoms with E-state index in [0.29, 0.717) is 6.42 Å². The number of aldehydes is 1. The molecule has 0 atom stereocenters. The lowest BCUT2D eigenvalue weighted by molar-refractivity contribution is -0.107. The second kappa shape index (κ2) is 3.51. The van der Waals surface area contributed by atoms with Gasteiger partial charge in [-0.3, -0.25) is 0 Å². The SMILES string of the molecule is O=CCC1=CCSC=C1. The van der Waals surface area contributed by atoms with E-state index < -0.39 is 0 Å². The highest BCUT2D eigenvalue weighted by molar-refractivity contribution is 8.02. The fourth-order valence-corrected chi connectivity index (χ4v) is 1.35. The third-order valence-corrected chi connectivity index (χ3v) is 1.83. The molecule has 1 aliphatic rings. The topological polar surface area (TPSA) is 17.1 Å². The van der Waals surface area contributed by atoms with Crippen LogP contribution in [0.25, 0.3) is 0 Å². The number of carbonyl (C=O) groups excluding carboxylic acids is 1. The van der Waals surface area contributed by atoms with Gasteiger partial charge in [-0.15, -0.1) is 11.8 Å². The molecule has 0 unspecified atom stereocenters. The number of carbonyl (C=O) groups is 1. The van der Waals surface area contributed by atoms with Gasteiger partial charge in [0, 0.05) is 12.2 Å². The highest BCUT2D eigenvalue weighted by Gasteiger charge is 1.94. The van der Waals surface area contributed by atoms with Crippen LogP contribution in [0.3, 0.4) is 0 Å². The van der Waals surface area contributed by atoms with Crippen molar-refractivity contribution >= 4 is 18.0 Å². The monoisotopic (exact) mass is 140 g/mol. The second-order valence-corrected chi connectivity index (χ2v) is 2.72. The van der Waals surface area contributed by atoms with Crippen molar-refractivity contribution in [2.75, 3.05) is 5.75 Å². The lowest BCUT2D eigenvalue weighted by atomic mass is 10.2. The molecule has 0 spiro atoms. The first-order valence-electron chi connectivity index (χ1n) is 2.84. The van der Waals surface area contributed by atoms with Crippen LogP contribution in [-0.4, -0.2) is 12.0 Å². The number of hydrogen-bond acceptors (Lipinski definition) is 2. The van der Waals surface area contributed by atoms with Crippen molar-refractivity contribution in [1.29, 1.82) is 0 Å². The molecular weight excluding hydrogens is 132 g/mol. The Balaban J connectivity index is 2.47. The second-order valence-electron chi connectivity index (χ2n) is 1.79. The van der Waals surface area contributed by atoms with Gasteiger partial charge in [-0.25, -0.2) is 0 Å². The molecular formula is C7H8OS. The minimum absolute atomic E-state index is 0.567. The molecule has 0 N–H and O–H groups in total. The Kier molecular flexibility index (Phi) is 2.58. The Morgan fingerprint density at radius 2 is 2.67 bits per heavy atom. The minimum Gasteiger partial charge on any atom is -0.303 e. The molecule has 48 valence electrons. The zero-order valence-corrected chi connectivity index (χ0v) is 5.86. The van der Waals surface area contributed by atoms with Crippen LogP contribution < -0.4 is 0 Å². The first kappa shape index (κ1) is 6.62. The summed E-state index contributed by atoms with van der Waals surface area (Å²) in [4.78, 5) is 9.99. The van der Waals surface area contributed by atoms with Gasteiger partial charge < -0.3 is 4.79 Å². The highest BCUT2D eigenvalue weighted by atomic mass is 32.2.